The highest BCUT2D eigenvalue weighted by Gasteiger charge is 2.39. The van der Waals surface area contributed by atoms with Crippen molar-refractivity contribution in [3.8, 4) is 11.8 Å². The van der Waals surface area contributed by atoms with Gasteiger partial charge in [-0.3, -0.25) is 33.9 Å². The average molecular weight is 486 g/mol. The van der Waals surface area contributed by atoms with Gasteiger partial charge in [0.2, 0.25) is 11.8 Å². The summed E-state index contributed by atoms with van der Waals surface area (Å²) in [5.74, 6) is -1.74. The maximum atomic E-state index is 13.0. The van der Waals surface area contributed by atoms with E-state index in [2.05, 4.69) is 20.9 Å². The maximum absolute atomic E-state index is 13.0. The molecule has 4 heterocycles. The largest absolute Gasteiger partial charge is 0.322 e. The molecule has 1 unspecified atom stereocenters. The van der Waals surface area contributed by atoms with Gasteiger partial charge in [0.1, 0.15) is 12.6 Å². The number of carbonyl (C=O) groups is 4. The fraction of sp³-hybridized carbons (Fsp3) is 0.217. The number of nitrogens with one attached hydrogen (secondary N) is 2. The first kappa shape index (κ1) is 22.7. The van der Waals surface area contributed by atoms with Crippen LogP contribution in [0.4, 0.5) is 5.69 Å². The Labute approximate surface area is 202 Å². The van der Waals surface area contributed by atoms with Crippen molar-refractivity contribution in [2.24, 2.45) is 0 Å². The smallest absolute Gasteiger partial charge is 0.277 e. The molecule has 2 N–H and O–H groups in total. The predicted octanol–water partition coefficient (Wildman–Crippen LogP) is -0.0341. The Bertz CT molecular complexity index is 1530. The van der Waals surface area contributed by atoms with E-state index in [1.165, 1.54) is 34.1 Å². The van der Waals surface area contributed by atoms with E-state index < -0.39 is 17.9 Å². The second kappa shape index (κ2) is 8.91. The van der Waals surface area contributed by atoms with Crippen LogP contribution in [0.1, 0.15) is 39.3 Å². The molecule has 0 aliphatic carbocycles. The quantitative estimate of drug-likeness (QED) is 0.473. The van der Waals surface area contributed by atoms with Crippen LogP contribution in [0.3, 0.4) is 0 Å². The number of pyridine rings is 1. The van der Waals surface area contributed by atoms with Crippen molar-refractivity contribution < 1.29 is 19.2 Å². The molecular weight excluding hydrogens is 468 g/mol. The number of nitrogens with zero attached hydrogens (tertiary/aromatic N) is 6. The zero-order valence-corrected chi connectivity index (χ0v) is 18.7. The first-order chi connectivity index (χ1) is 17.3. The van der Waals surface area contributed by atoms with Gasteiger partial charge in [-0.1, -0.05) is 11.3 Å². The summed E-state index contributed by atoms with van der Waals surface area (Å²) in [6.07, 6.45) is 3.19. The number of aromatic nitrogens is 4. The summed E-state index contributed by atoms with van der Waals surface area (Å²) < 4.78 is 2.50. The fourth-order valence-electron chi connectivity index (χ4n) is 4.18. The first-order valence-corrected chi connectivity index (χ1v) is 10.9. The zero-order valence-electron chi connectivity index (χ0n) is 18.7. The summed E-state index contributed by atoms with van der Waals surface area (Å²) >= 11 is 0. The van der Waals surface area contributed by atoms with Crippen LogP contribution in [-0.4, -0.2) is 54.1 Å². The number of carbonyl (C=O) groups excluding carboxylic acids is 4. The van der Waals surface area contributed by atoms with Gasteiger partial charge in [-0.25, -0.2) is 4.68 Å². The van der Waals surface area contributed by atoms with Crippen LogP contribution in [0.2, 0.25) is 0 Å². The average Bonchev–Trinajstić information content (AvgIpc) is 3.47. The molecule has 180 valence electrons. The molecule has 2 aliphatic heterocycles. The highest BCUT2D eigenvalue weighted by Crippen LogP contribution is 2.29. The standard InChI is InChI=1S/C23H18N8O5/c24-7-8-29-11-14(2-6-20(29)33)25-21(34)17-12-31(28-27-17)15-3-1-13-10-30(23(36)16(13)9-15)18-4-5-19(32)26-22(18)35/h1-3,6,9,11-12,18H,4-5,8,10H2,(H,25,34)(H,26,32,35). The number of piperidine rings is 1. The number of anilines is 1. The number of benzene rings is 1. The molecule has 1 fully saturated rings. The van der Waals surface area contributed by atoms with E-state index in [0.717, 1.165) is 10.1 Å². The summed E-state index contributed by atoms with van der Waals surface area (Å²) in [5.41, 5.74) is 1.55. The summed E-state index contributed by atoms with van der Waals surface area (Å²) in [4.78, 5) is 62.5. The van der Waals surface area contributed by atoms with Gasteiger partial charge >= 0.3 is 0 Å². The Morgan fingerprint density at radius 1 is 1.17 bits per heavy atom. The van der Waals surface area contributed by atoms with Crippen LogP contribution in [-0.2, 0) is 22.7 Å². The lowest BCUT2D eigenvalue weighted by Gasteiger charge is -2.29. The van der Waals surface area contributed by atoms with Crippen molar-refractivity contribution in [2.75, 3.05) is 5.32 Å². The van der Waals surface area contributed by atoms with E-state index >= 15 is 0 Å². The highest BCUT2D eigenvalue weighted by molar-refractivity contribution is 6.05. The number of imide groups is 1. The second-order valence-corrected chi connectivity index (χ2v) is 8.29. The number of fused-ring (bicyclic) bond motifs is 1. The molecule has 0 bridgehead atoms. The SMILES string of the molecule is N#CCn1cc(NC(=O)c2cn(-c3ccc4c(c3)C(=O)N(C3CCC(=O)NC3=O)C4)nn2)ccc1=O. The van der Waals surface area contributed by atoms with Crippen LogP contribution in [0.25, 0.3) is 5.69 Å². The van der Waals surface area contributed by atoms with Gasteiger partial charge in [0.05, 0.1) is 23.6 Å². The fourth-order valence-corrected chi connectivity index (χ4v) is 4.18. The highest BCUT2D eigenvalue weighted by atomic mass is 16.2. The van der Waals surface area contributed by atoms with Crippen LogP contribution in [0, 0.1) is 11.3 Å². The van der Waals surface area contributed by atoms with Crippen LogP contribution in [0.15, 0.2) is 47.5 Å². The Hall–Kier alpha value is -5.12. The van der Waals surface area contributed by atoms with Gasteiger partial charge in [0.25, 0.3) is 17.4 Å². The van der Waals surface area contributed by atoms with Gasteiger partial charge < -0.3 is 10.2 Å². The van der Waals surface area contributed by atoms with E-state index in [9.17, 15) is 24.0 Å². The van der Waals surface area contributed by atoms with Crippen molar-refractivity contribution >= 4 is 29.3 Å². The molecule has 0 radical (unpaired) electrons. The van der Waals surface area contributed by atoms with E-state index in [0.29, 0.717) is 16.9 Å². The molecule has 13 heteroatoms. The minimum Gasteiger partial charge on any atom is -0.322 e. The van der Waals surface area contributed by atoms with E-state index in [1.54, 1.807) is 18.2 Å². The summed E-state index contributed by atoms with van der Waals surface area (Å²) in [6.45, 7) is 0.0937. The van der Waals surface area contributed by atoms with Gasteiger partial charge in [-0.2, -0.15) is 5.26 Å². The lowest BCUT2D eigenvalue weighted by molar-refractivity contribution is -0.136. The Balaban J connectivity index is 1.32. The van der Waals surface area contributed by atoms with Crippen molar-refractivity contribution in [3.63, 3.8) is 0 Å². The normalized spacial score (nSPS) is 16.9. The van der Waals surface area contributed by atoms with E-state index in [1.807, 2.05) is 6.07 Å². The molecule has 1 saturated heterocycles. The predicted molar refractivity (Wildman–Crippen MR) is 122 cm³/mol. The van der Waals surface area contributed by atoms with Crippen LogP contribution >= 0.6 is 0 Å². The van der Waals surface area contributed by atoms with E-state index in [-0.39, 0.29) is 49.0 Å². The van der Waals surface area contributed by atoms with Gasteiger partial charge in [0.15, 0.2) is 5.69 Å². The lowest BCUT2D eigenvalue weighted by atomic mass is 10.0. The molecule has 0 saturated carbocycles. The molecule has 2 aromatic heterocycles. The molecule has 1 atom stereocenters. The third-order valence-corrected chi connectivity index (χ3v) is 5.98. The van der Waals surface area contributed by atoms with Crippen molar-refractivity contribution in [2.45, 2.75) is 32.0 Å². The van der Waals surface area contributed by atoms with Gasteiger partial charge in [-0.05, 0) is 30.2 Å². The molecule has 1 aromatic carbocycles. The van der Waals surface area contributed by atoms with Crippen molar-refractivity contribution in [1.82, 2.24) is 29.8 Å². The minimum absolute atomic E-state index is 0.00923. The van der Waals surface area contributed by atoms with Crippen molar-refractivity contribution in [3.05, 3.63) is 69.9 Å². The number of nitriles is 1. The number of amides is 4. The molecule has 2 aliphatic rings. The summed E-state index contributed by atoms with van der Waals surface area (Å²) in [5, 5.41) is 21.5. The zero-order chi connectivity index (χ0) is 25.4. The summed E-state index contributed by atoms with van der Waals surface area (Å²) in [6, 6.07) is 8.88. The third-order valence-electron chi connectivity index (χ3n) is 5.98. The molecule has 13 nitrogen and oxygen atoms in total. The molecular formula is C23H18N8O5. The molecule has 3 aromatic rings. The molecule has 5 rings (SSSR count). The monoisotopic (exact) mass is 486 g/mol. The minimum atomic E-state index is -0.713. The van der Waals surface area contributed by atoms with Crippen molar-refractivity contribution in [1.29, 1.82) is 5.26 Å². The summed E-state index contributed by atoms with van der Waals surface area (Å²) in [7, 11) is 0. The topological polar surface area (TPSA) is 172 Å². The molecule has 4 amide bonds. The Kier molecular flexibility index (Phi) is 5.61. The Morgan fingerprint density at radius 2 is 2.00 bits per heavy atom. The van der Waals surface area contributed by atoms with Crippen LogP contribution < -0.4 is 16.2 Å². The molecule has 0 spiro atoms. The van der Waals surface area contributed by atoms with Crippen LogP contribution in [0.5, 0.6) is 0 Å². The number of hydrogen-bond donors (Lipinski definition) is 2. The first-order valence-electron chi connectivity index (χ1n) is 10.9. The Morgan fingerprint density at radius 3 is 2.78 bits per heavy atom. The third kappa shape index (κ3) is 4.11. The lowest BCUT2D eigenvalue weighted by Crippen LogP contribution is -2.52. The second-order valence-electron chi connectivity index (χ2n) is 8.29. The number of hydrogen-bond acceptors (Lipinski definition) is 8. The van der Waals surface area contributed by atoms with Gasteiger partial charge in [0, 0.05) is 30.8 Å². The van der Waals surface area contributed by atoms with Gasteiger partial charge in [-0.15, -0.1) is 5.10 Å². The van der Waals surface area contributed by atoms with E-state index in [4.69, 9.17) is 5.26 Å². The maximum Gasteiger partial charge on any atom is 0.277 e. The number of rotatable bonds is 5. The molecule has 36 heavy (non-hydrogen) atoms.